The lowest BCUT2D eigenvalue weighted by atomic mass is 10.1. The summed E-state index contributed by atoms with van der Waals surface area (Å²) in [5.74, 6) is -1.84. The largest absolute Gasteiger partial charge is 0.467 e. The zero-order valence-electron chi connectivity index (χ0n) is 13.8. The van der Waals surface area contributed by atoms with E-state index in [9.17, 15) is 19.1 Å². The van der Waals surface area contributed by atoms with Gasteiger partial charge >= 0.3 is 11.8 Å². The molecule has 3 rings (SSSR count). The summed E-state index contributed by atoms with van der Waals surface area (Å²) in [6.45, 7) is 0.419. The molecule has 2 amide bonds. The lowest BCUT2D eigenvalue weighted by Gasteiger charge is -2.25. The Balaban J connectivity index is 1.65. The van der Waals surface area contributed by atoms with Crippen LogP contribution in [0.3, 0.4) is 0 Å². The molecule has 0 saturated carbocycles. The molecule has 138 valence electrons. The predicted molar refractivity (Wildman–Crippen MR) is 95.7 cm³/mol. The first-order valence-electron chi connectivity index (χ1n) is 8.24. The first-order chi connectivity index (χ1) is 12.5. The molecule has 26 heavy (non-hydrogen) atoms. The van der Waals surface area contributed by atoms with Crippen molar-refractivity contribution < 1.29 is 23.5 Å². The minimum Gasteiger partial charge on any atom is -0.467 e. The standard InChI is InChI=1S/C18H18BrFN2O4/c19-11-5-6-13(20)14(9-11)21-17(24)18(25)22-7-1-3-12(22)10-15(23)16-4-2-8-26-16/h2,4-6,8-9,12,15,23H,1,3,7,10H2,(H,21,24)/t12-,15+/m1/s1. The summed E-state index contributed by atoms with van der Waals surface area (Å²) in [4.78, 5) is 26.2. The van der Waals surface area contributed by atoms with Gasteiger partial charge in [-0.15, -0.1) is 0 Å². The average Bonchev–Trinajstić information content (AvgIpc) is 3.29. The molecule has 0 bridgehead atoms. The molecule has 0 aliphatic carbocycles. The number of aliphatic hydroxyl groups excluding tert-OH is 1. The minimum absolute atomic E-state index is 0.0657. The third-order valence-electron chi connectivity index (χ3n) is 4.38. The zero-order chi connectivity index (χ0) is 18.7. The molecule has 1 fully saturated rings. The van der Waals surface area contributed by atoms with E-state index in [1.807, 2.05) is 0 Å². The Labute approximate surface area is 158 Å². The molecular formula is C18H18BrFN2O4. The van der Waals surface area contributed by atoms with Crippen molar-refractivity contribution in [3.8, 4) is 0 Å². The van der Waals surface area contributed by atoms with Gasteiger partial charge in [0.25, 0.3) is 0 Å². The molecule has 8 heteroatoms. The third kappa shape index (κ3) is 4.13. The van der Waals surface area contributed by atoms with E-state index in [2.05, 4.69) is 21.2 Å². The number of aliphatic hydroxyl groups is 1. The highest BCUT2D eigenvalue weighted by Gasteiger charge is 2.34. The molecule has 0 unspecified atom stereocenters. The number of benzene rings is 1. The number of nitrogens with zero attached hydrogens (tertiary/aromatic N) is 1. The average molecular weight is 425 g/mol. The molecule has 1 aromatic heterocycles. The molecule has 2 atom stereocenters. The maximum atomic E-state index is 13.8. The summed E-state index contributed by atoms with van der Waals surface area (Å²) in [6.07, 6.45) is 2.31. The van der Waals surface area contributed by atoms with E-state index in [4.69, 9.17) is 4.42 Å². The fourth-order valence-corrected chi connectivity index (χ4v) is 3.46. The van der Waals surface area contributed by atoms with E-state index >= 15 is 0 Å². The Hall–Kier alpha value is -2.19. The Morgan fingerprint density at radius 3 is 2.96 bits per heavy atom. The van der Waals surface area contributed by atoms with Gasteiger partial charge in [0, 0.05) is 23.5 Å². The van der Waals surface area contributed by atoms with Crippen LogP contribution in [0.4, 0.5) is 10.1 Å². The quantitative estimate of drug-likeness (QED) is 0.737. The van der Waals surface area contributed by atoms with E-state index in [1.54, 1.807) is 12.1 Å². The van der Waals surface area contributed by atoms with Crippen LogP contribution in [0.1, 0.15) is 31.1 Å². The van der Waals surface area contributed by atoms with Crippen LogP contribution in [-0.4, -0.2) is 34.4 Å². The van der Waals surface area contributed by atoms with E-state index in [1.165, 1.54) is 29.4 Å². The summed E-state index contributed by atoms with van der Waals surface area (Å²) >= 11 is 3.20. The Morgan fingerprint density at radius 2 is 2.23 bits per heavy atom. The Kier molecular flexibility index (Phi) is 5.73. The molecule has 0 spiro atoms. The van der Waals surface area contributed by atoms with Gasteiger partial charge in [-0.2, -0.15) is 0 Å². The number of likely N-dealkylation sites (tertiary alicyclic amines) is 1. The minimum atomic E-state index is -0.901. The second-order valence-electron chi connectivity index (χ2n) is 6.14. The van der Waals surface area contributed by atoms with Crippen molar-refractivity contribution in [2.75, 3.05) is 11.9 Å². The molecule has 2 N–H and O–H groups in total. The number of hydrogen-bond acceptors (Lipinski definition) is 4. The van der Waals surface area contributed by atoms with Gasteiger partial charge in [-0.05, 0) is 43.2 Å². The number of anilines is 1. The van der Waals surface area contributed by atoms with Gasteiger partial charge in [-0.3, -0.25) is 9.59 Å². The zero-order valence-corrected chi connectivity index (χ0v) is 15.4. The second kappa shape index (κ2) is 8.01. The Bertz CT molecular complexity index is 796. The molecule has 1 aliphatic rings. The van der Waals surface area contributed by atoms with E-state index in [0.717, 1.165) is 6.42 Å². The molecular weight excluding hydrogens is 407 g/mol. The summed E-state index contributed by atoms with van der Waals surface area (Å²) in [5.41, 5.74) is -0.0657. The van der Waals surface area contributed by atoms with Gasteiger partial charge in [0.05, 0.1) is 12.0 Å². The SMILES string of the molecule is O=C(Nc1cc(Br)ccc1F)C(=O)N1CCC[C@@H]1C[C@H](O)c1ccco1. The number of rotatable bonds is 4. The van der Waals surface area contributed by atoms with Crippen molar-refractivity contribution in [1.29, 1.82) is 0 Å². The normalized spacial score (nSPS) is 18.0. The monoisotopic (exact) mass is 424 g/mol. The molecule has 2 heterocycles. The number of hydrogen-bond donors (Lipinski definition) is 2. The van der Waals surface area contributed by atoms with Crippen LogP contribution in [0.15, 0.2) is 45.5 Å². The number of carbonyl (C=O) groups is 2. The topological polar surface area (TPSA) is 82.8 Å². The van der Waals surface area contributed by atoms with Crippen molar-refractivity contribution in [2.45, 2.75) is 31.4 Å². The molecule has 1 saturated heterocycles. The number of furan rings is 1. The van der Waals surface area contributed by atoms with Gasteiger partial charge in [0.15, 0.2) is 0 Å². The highest BCUT2D eigenvalue weighted by Crippen LogP contribution is 2.28. The van der Waals surface area contributed by atoms with Crippen LogP contribution >= 0.6 is 15.9 Å². The van der Waals surface area contributed by atoms with E-state index in [-0.39, 0.29) is 18.2 Å². The molecule has 1 aromatic carbocycles. The highest BCUT2D eigenvalue weighted by atomic mass is 79.9. The van der Waals surface area contributed by atoms with Gasteiger partial charge in [-0.1, -0.05) is 15.9 Å². The number of carbonyl (C=O) groups excluding carboxylic acids is 2. The van der Waals surface area contributed by atoms with Crippen LogP contribution in [0.25, 0.3) is 0 Å². The molecule has 2 aromatic rings. The predicted octanol–water partition coefficient (Wildman–Crippen LogP) is 3.23. The third-order valence-corrected chi connectivity index (χ3v) is 4.87. The molecule has 1 aliphatic heterocycles. The summed E-state index contributed by atoms with van der Waals surface area (Å²) < 4.78 is 19.5. The first-order valence-corrected chi connectivity index (χ1v) is 9.03. The lowest BCUT2D eigenvalue weighted by molar-refractivity contribution is -0.144. The van der Waals surface area contributed by atoms with Crippen molar-refractivity contribution in [3.63, 3.8) is 0 Å². The fourth-order valence-electron chi connectivity index (χ4n) is 3.10. The van der Waals surface area contributed by atoms with Crippen molar-refractivity contribution in [2.24, 2.45) is 0 Å². The van der Waals surface area contributed by atoms with Crippen molar-refractivity contribution in [1.82, 2.24) is 4.90 Å². The lowest BCUT2D eigenvalue weighted by Crippen LogP contribution is -2.43. The van der Waals surface area contributed by atoms with Crippen molar-refractivity contribution >= 4 is 33.4 Å². The summed E-state index contributed by atoms with van der Waals surface area (Å²) in [6, 6.07) is 7.15. The van der Waals surface area contributed by atoms with Gasteiger partial charge in [-0.25, -0.2) is 4.39 Å². The smallest absolute Gasteiger partial charge is 0.313 e. The van der Waals surface area contributed by atoms with E-state index in [0.29, 0.717) is 23.2 Å². The first kappa shape index (κ1) is 18.6. The van der Waals surface area contributed by atoms with Crippen LogP contribution in [-0.2, 0) is 9.59 Å². The summed E-state index contributed by atoms with van der Waals surface area (Å²) in [5, 5.41) is 12.5. The van der Waals surface area contributed by atoms with Crippen molar-refractivity contribution in [3.05, 3.63) is 52.6 Å². The highest BCUT2D eigenvalue weighted by molar-refractivity contribution is 9.10. The van der Waals surface area contributed by atoms with Crippen LogP contribution < -0.4 is 5.32 Å². The second-order valence-corrected chi connectivity index (χ2v) is 7.06. The Morgan fingerprint density at radius 1 is 1.42 bits per heavy atom. The van der Waals surface area contributed by atoms with Crippen LogP contribution in [0.2, 0.25) is 0 Å². The maximum Gasteiger partial charge on any atom is 0.313 e. The number of nitrogens with one attached hydrogen (secondary N) is 1. The van der Waals surface area contributed by atoms with E-state index < -0.39 is 23.7 Å². The van der Waals surface area contributed by atoms with Gasteiger partial charge in [0.1, 0.15) is 17.7 Å². The molecule has 0 radical (unpaired) electrons. The van der Waals surface area contributed by atoms with Crippen LogP contribution in [0, 0.1) is 5.82 Å². The van der Waals surface area contributed by atoms with Crippen LogP contribution in [0.5, 0.6) is 0 Å². The fraction of sp³-hybridized carbons (Fsp3) is 0.333. The number of halogens is 2. The van der Waals surface area contributed by atoms with Gasteiger partial charge in [0.2, 0.25) is 0 Å². The number of amides is 2. The van der Waals surface area contributed by atoms with Gasteiger partial charge < -0.3 is 19.7 Å². The summed E-state index contributed by atoms with van der Waals surface area (Å²) in [7, 11) is 0. The molecule has 6 nitrogen and oxygen atoms in total. The maximum absolute atomic E-state index is 13.8.